The molecule has 1 aromatic rings. The molecule has 3 unspecified atom stereocenters. The van der Waals surface area contributed by atoms with Crippen LogP contribution in [0, 0.1) is 11.7 Å². The van der Waals surface area contributed by atoms with Gasteiger partial charge in [0, 0.05) is 16.1 Å². The quantitative estimate of drug-likeness (QED) is 0.796. The van der Waals surface area contributed by atoms with E-state index in [1.165, 1.54) is 13.2 Å². The third kappa shape index (κ3) is 4.28. The number of carbonyl (C=O) groups excluding carboxylic acids is 1. The van der Waals surface area contributed by atoms with Crippen molar-refractivity contribution < 1.29 is 13.9 Å². The standard InChI is InChI=1S/C15H21BrFNO2/c1-5-9(2)14(15(19)20-4)18-10(3)12-8-11(16)6-7-13(12)17/h6-10,14,18H,5H2,1-4H3. The summed E-state index contributed by atoms with van der Waals surface area (Å²) in [4.78, 5) is 11.8. The largest absolute Gasteiger partial charge is 0.468 e. The molecule has 0 aliphatic rings. The maximum atomic E-state index is 13.9. The molecule has 5 heteroatoms. The molecule has 0 aliphatic carbocycles. The number of rotatable bonds is 6. The smallest absolute Gasteiger partial charge is 0.323 e. The van der Waals surface area contributed by atoms with Crippen LogP contribution in [0.15, 0.2) is 22.7 Å². The Bertz CT molecular complexity index is 467. The SMILES string of the molecule is CCC(C)C(NC(C)c1cc(Br)ccc1F)C(=O)OC. The van der Waals surface area contributed by atoms with Gasteiger partial charge in [0.15, 0.2) is 0 Å². The molecule has 3 nitrogen and oxygen atoms in total. The summed E-state index contributed by atoms with van der Waals surface area (Å²) < 4.78 is 19.5. The molecule has 20 heavy (non-hydrogen) atoms. The van der Waals surface area contributed by atoms with E-state index in [0.29, 0.717) is 5.56 Å². The van der Waals surface area contributed by atoms with Crippen LogP contribution in [0.5, 0.6) is 0 Å². The molecule has 0 spiro atoms. The van der Waals surface area contributed by atoms with E-state index in [2.05, 4.69) is 21.2 Å². The summed E-state index contributed by atoms with van der Waals surface area (Å²) in [5.41, 5.74) is 0.525. The van der Waals surface area contributed by atoms with Gasteiger partial charge in [0.05, 0.1) is 7.11 Å². The molecule has 3 atom stereocenters. The van der Waals surface area contributed by atoms with Crippen molar-refractivity contribution in [1.29, 1.82) is 0 Å². The molecule has 0 aromatic heterocycles. The van der Waals surface area contributed by atoms with Crippen molar-refractivity contribution in [3.63, 3.8) is 0 Å². The number of nitrogens with one attached hydrogen (secondary N) is 1. The lowest BCUT2D eigenvalue weighted by Crippen LogP contribution is -2.43. The Kier molecular flexibility index (Phi) is 6.62. The molecule has 0 amide bonds. The molecule has 0 aliphatic heterocycles. The molecule has 0 radical (unpaired) electrons. The highest BCUT2D eigenvalue weighted by Gasteiger charge is 2.27. The van der Waals surface area contributed by atoms with Gasteiger partial charge in [0.1, 0.15) is 11.9 Å². The second kappa shape index (κ2) is 7.74. The number of halogens is 2. The molecular weight excluding hydrogens is 325 g/mol. The first kappa shape index (κ1) is 17.1. The highest BCUT2D eigenvalue weighted by atomic mass is 79.9. The summed E-state index contributed by atoms with van der Waals surface area (Å²) in [5, 5.41) is 3.17. The van der Waals surface area contributed by atoms with E-state index in [9.17, 15) is 9.18 Å². The van der Waals surface area contributed by atoms with Gasteiger partial charge in [0.25, 0.3) is 0 Å². The Labute approximate surface area is 128 Å². The van der Waals surface area contributed by atoms with Gasteiger partial charge < -0.3 is 4.74 Å². The van der Waals surface area contributed by atoms with E-state index >= 15 is 0 Å². The number of methoxy groups -OCH3 is 1. The maximum Gasteiger partial charge on any atom is 0.323 e. The molecular formula is C15H21BrFNO2. The van der Waals surface area contributed by atoms with Crippen molar-refractivity contribution in [3.05, 3.63) is 34.1 Å². The molecule has 0 saturated heterocycles. The van der Waals surface area contributed by atoms with Crippen LogP contribution in [0.2, 0.25) is 0 Å². The molecule has 0 bridgehead atoms. The van der Waals surface area contributed by atoms with Crippen LogP contribution in [0.3, 0.4) is 0 Å². The van der Waals surface area contributed by atoms with Crippen LogP contribution < -0.4 is 5.32 Å². The van der Waals surface area contributed by atoms with Gasteiger partial charge in [-0.1, -0.05) is 36.2 Å². The van der Waals surface area contributed by atoms with Gasteiger partial charge >= 0.3 is 5.97 Å². The van der Waals surface area contributed by atoms with Gasteiger partial charge in [-0.3, -0.25) is 10.1 Å². The summed E-state index contributed by atoms with van der Waals surface area (Å²) in [6.07, 6.45) is 0.834. The number of hydrogen-bond acceptors (Lipinski definition) is 3. The third-order valence-corrected chi connectivity index (χ3v) is 4.02. The lowest BCUT2D eigenvalue weighted by Gasteiger charge is -2.26. The third-order valence-electron chi connectivity index (χ3n) is 3.52. The highest BCUT2D eigenvalue weighted by molar-refractivity contribution is 9.10. The Hall–Kier alpha value is -0.940. The molecule has 112 valence electrons. The minimum absolute atomic E-state index is 0.111. The van der Waals surface area contributed by atoms with Crippen LogP contribution in [-0.4, -0.2) is 19.1 Å². The monoisotopic (exact) mass is 345 g/mol. The predicted molar refractivity (Wildman–Crippen MR) is 80.9 cm³/mol. The predicted octanol–water partition coefficient (Wildman–Crippen LogP) is 3.83. The summed E-state index contributed by atoms with van der Waals surface area (Å²) in [6.45, 7) is 5.81. The van der Waals surface area contributed by atoms with Crippen LogP contribution in [0.1, 0.15) is 38.8 Å². The summed E-state index contributed by atoms with van der Waals surface area (Å²) in [7, 11) is 1.36. The molecule has 1 N–H and O–H groups in total. The highest BCUT2D eigenvalue weighted by Crippen LogP contribution is 2.23. The first-order valence-corrected chi connectivity index (χ1v) is 7.48. The lowest BCUT2D eigenvalue weighted by atomic mass is 9.97. The fourth-order valence-electron chi connectivity index (χ4n) is 2.03. The van der Waals surface area contributed by atoms with E-state index in [1.807, 2.05) is 20.8 Å². The van der Waals surface area contributed by atoms with Crippen molar-refractivity contribution in [2.45, 2.75) is 39.3 Å². The number of esters is 1. The van der Waals surface area contributed by atoms with Crippen molar-refractivity contribution in [2.75, 3.05) is 7.11 Å². The summed E-state index contributed by atoms with van der Waals surface area (Å²) in [6, 6.07) is 4.05. The zero-order valence-electron chi connectivity index (χ0n) is 12.2. The summed E-state index contributed by atoms with van der Waals surface area (Å²) >= 11 is 3.33. The number of carbonyl (C=O) groups is 1. The van der Waals surface area contributed by atoms with Crippen molar-refractivity contribution in [2.24, 2.45) is 5.92 Å². The molecule has 1 aromatic carbocycles. The number of hydrogen-bond donors (Lipinski definition) is 1. The van der Waals surface area contributed by atoms with E-state index in [-0.39, 0.29) is 23.7 Å². The van der Waals surface area contributed by atoms with Gasteiger partial charge in [-0.15, -0.1) is 0 Å². The molecule has 0 saturated carbocycles. The molecule has 0 heterocycles. The average molecular weight is 346 g/mol. The zero-order chi connectivity index (χ0) is 15.3. The Morgan fingerprint density at radius 1 is 1.45 bits per heavy atom. The Balaban J connectivity index is 2.92. The number of benzene rings is 1. The van der Waals surface area contributed by atoms with Crippen LogP contribution in [0.4, 0.5) is 4.39 Å². The van der Waals surface area contributed by atoms with E-state index < -0.39 is 6.04 Å². The number of ether oxygens (including phenoxy) is 1. The first-order chi connectivity index (χ1) is 9.40. The average Bonchev–Trinajstić information content (AvgIpc) is 2.45. The van der Waals surface area contributed by atoms with Crippen molar-refractivity contribution in [1.82, 2.24) is 5.32 Å². The van der Waals surface area contributed by atoms with Crippen LogP contribution in [0.25, 0.3) is 0 Å². The fourth-order valence-corrected chi connectivity index (χ4v) is 2.41. The Morgan fingerprint density at radius 3 is 2.65 bits per heavy atom. The van der Waals surface area contributed by atoms with Gasteiger partial charge in [-0.05, 0) is 31.0 Å². The van der Waals surface area contributed by atoms with Crippen molar-refractivity contribution >= 4 is 21.9 Å². The lowest BCUT2D eigenvalue weighted by molar-refractivity contribution is -0.144. The minimum atomic E-state index is -0.446. The van der Waals surface area contributed by atoms with Crippen molar-refractivity contribution in [3.8, 4) is 0 Å². The van der Waals surface area contributed by atoms with Gasteiger partial charge in [0.2, 0.25) is 0 Å². The molecule has 1 rings (SSSR count). The summed E-state index contributed by atoms with van der Waals surface area (Å²) in [5.74, 6) is -0.498. The van der Waals surface area contributed by atoms with Crippen LogP contribution in [-0.2, 0) is 9.53 Å². The van der Waals surface area contributed by atoms with Gasteiger partial charge in [-0.25, -0.2) is 4.39 Å². The van der Waals surface area contributed by atoms with E-state index in [0.717, 1.165) is 10.9 Å². The minimum Gasteiger partial charge on any atom is -0.468 e. The normalized spacial score (nSPS) is 15.5. The van der Waals surface area contributed by atoms with Crippen LogP contribution >= 0.6 is 15.9 Å². The van der Waals surface area contributed by atoms with E-state index in [1.54, 1.807) is 12.1 Å². The topological polar surface area (TPSA) is 38.3 Å². The Morgan fingerprint density at radius 2 is 2.10 bits per heavy atom. The second-order valence-electron chi connectivity index (χ2n) is 4.94. The van der Waals surface area contributed by atoms with E-state index in [4.69, 9.17) is 4.74 Å². The molecule has 0 fully saturated rings. The zero-order valence-corrected chi connectivity index (χ0v) is 13.8. The maximum absolute atomic E-state index is 13.9. The first-order valence-electron chi connectivity index (χ1n) is 6.69. The van der Waals surface area contributed by atoms with Gasteiger partial charge in [-0.2, -0.15) is 0 Å². The second-order valence-corrected chi connectivity index (χ2v) is 5.86. The fraction of sp³-hybridized carbons (Fsp3) is 0.533.